The minimum atomic E-state index is -0.0410. The summed E-state index contributed by atoms with van der Waals surface area (Å²) in [7, 11) is 0. The van der Waals surface area contributed by atoms with Gasteiger partial charge in [-0.3, -0.25) is 0 Å². The number of halogens is 1. The van der Waals surface area contributed by atoms with E-state index in [0.29, 0.717) is 0 Å². The summed E-state index contributed by atoms with van der Waals surface area (Å²) < 4.78 is 1.27. The summed E-state index contributed by atoms with van der Waals surface area (Å²) in [5, 5.41) is 0. The highest BCUT2D eigenvalue weighted by atomic mass is 127. The molecule has 0 aliphatic heterocycles. The van der Waals surface area contributed by atoms with E-state index in [1.165, 1.54) is 9.13 Å². The average Bonchev–Trinajstić information content (AvgIpc) is 2.08. The van der Waals surface area contributed by atoms with Crippen LogP contribution in [0, 0.1) is 10.5 Å². The van der Waals surface area contributed by atoms with Crippen LogP contribution in [-0.2, 0) is 0 Å². The van der Waals surface area contributed by atoms with Gasteiger partial charge in [-0.05, 0) is 46.7 Å². The first-order valence-corrected chi connectivity index (χ1v) is 4.87. The number of benzene rings is 1. The van der Waals surface area contributed by atoms with E-state index in [1.807, 2.05) is 6.07 Å². The number of aryl methyl sites for hydroxylation is 1. The van der Waals surface area contributed by atoms with Crippen molar-refractivity contribution < 1.29 is 0 Å². The number of rotatable bonds is 2. The molecule has 0 aromatic heterocycles. The standard InChI is InChI=1S/C10H12IN/c1-3-10(12)8-4-5-9(11)7(2)6-8/h3-6,10H,1,12H2,2H3/t10-/m1/s1. The second-order valence-electron chi connectivity index (χ2n) is 2.77. The fourth-order valence-electron chi connectivity index (χ4n) is 1.01. The fourth-order valence-corrected chi connectivity index (χ4v) is 1.35. The summed E-state index contributed by atoms with van der Waals surface area (Å²) in [5.41, 5.74) is 8.19. The van der Waals surface area contributed by atoms with Gasteiger partial charge < -0.3 is 5.73 Å². The average molecular weight is 273 g/mol. The van der Waals surface area contributed by atoms with Crippen LogP contribution < -0.4 is 5.73 Å². The summed E-state index contributed by atoms with van der Waals surface area (Å²) >= 11 is 2.31. The van der Waals surface area contributed by atoms with Crippen LogP contribution in [-0.4, -0.2) is 0 Å². The van der Waals surface area contributed by atoms with E-state index in [9.17, 15) is 0 Å². The Morgan fingerprint density at radius 1 is 1.58 bits per heavy atom. The summed E-state index contributed by atoms with van der Waals surface area (Å²) in [6.45, 7) is 5.75. The first-order chi connectivity index (χ1) is 5.65. The smallest absolute Gasteiger partial charge is 0.0478 e. The van der Waals surface area contributed by atoms with Crippen LogP contribution in [0.2, 0.25) is 0 Å². The lowest BCUT2D eigenvalue weighted by molar-refractivity contribution is 0.911. The maximum atomic E-state index is 5.79. The number of nitrogens with two attached hydrogens (primary N) is 1. The highest BCUT2D eigenvalue weighted by Crippen LogP contribution is 2.17. The molecule has 0 bridgehead atoms. The second kappa shape index (κ2) is 4.05. The van der Waals surface area contributed by atoms with E-state index < -0.39 is 0 Å². The van der Waals surface area contributed by atoms with Crippen LogP contribution in [0.3, 0.4) is 0 Å². The molecule has 0 radical (unpaired) electrons. The summed E-state index contributed by atoms with van der Waals surface area (Å²) in [5.74, 6) is 0. The molecule has 2 heteroatoms. The molecule has 1 nitrogen and oxygen atoms in total. The Morgan fingerprint density at radius 2 is 2.25 bits per heavy atom. The molecule has 0 heterocycles. The van der Waals surface area contributed by atoms with Crippen molar-refractivity contribution in [3.63, 3.8) is 0 Å². The molecule has 1 rings (SSSR count). The van der Waals surface area contributed by atoms with E-state index >= 15 is 0 Å². The van der Waals surface area contributed by atoms with Gasteiger partial charge in [-0.15, -0.1) is 6.58 Å². The van der Waals surface area contributed by atoms with Crippen molar-refractivity contribution in [1.29, 1.82) is 0 Å². The Hall–Kier alpha value is -0.350. The first-order valence-electron chi connectivity index (χ1n) is 3.79. The first kappa shape index (κ1) is 9.74. The van der Waals surface area contributed by atoms with Crippen molar-refractivity contribution in [1.82, 2.24) is 0 Å². The predicted molar refractivity (Wildman–Crippen MR) is 61.0 cm³/mol. The van der Waals surface area contributed by atoms with E-state index in [1.54, 1.807) is 6.08 Å². The molecular weight excluding hydrogens is 261 g/mol. The van der Waals surface area contributed by atoms with Crippen molar-refractivity contribution in [2.45, 2.75) is 13.0 Å². The van der Waals surface area contributed by atoms with E-state index in [0.717, 1.165) is 5.56 Å². The van der Waals surface area contributed by atoms with E-state index in [-0.39, 0.29) is 6.04 Å². The topological polar surface area (TPSA) is 26.0 Å². The van der Waals surface area contributed by atoms with Crippen molar-refractivity contribution in [2.75, 3.05) is 0 Å². The lowest BCUT2D eigenvalue weighted by Crippen LogP contribution is -2.06. The van der Waals surface area contributed by atoms with Gasteiger partial charge in [-0.2, -0.15) is 0 Å². The minimum absolute atomic E-state index is 0.0410. The second-order valence-corrected chi connectivity index (χ2v) is 3.93. The molecule has 1 atom stereocenters. The van der Waals surface area contributed by atoms with E-state index in [2.05, 4.69) is 48.2 Å². The summed E-state index contributed by atoms with van der Waals surface area (Å²) in [4.78, 5) is 0. The predicted octanol–water partition coefficient (Wildman–Crippen LogP) is 2.79. The molecule has 0 saturated carbocycles. The van der Waals surface area contributed by atoms with Crippen molar-refractivity contribution in [3.8, 4) is 0 Å². The monoisotopic (exact) mass is 273 g/mol. The molecule has 1 aromatic rings. The van der Waals surface area contributed by atoms with Crippen LogP contribution >= 0.6 is 22.6 Å². The van der Waals surface area contributed by atoms with Crippen LogP contribution in [0.4, 0.5) is 0 Å². The molecule has 12 heavy (non-hydrogen) atoms. The van der Waals surface area contributed by atoms with Crippen LogP contribution in [0.25, 0.3) is 0 Å². The van der Waals surface area contributed by atoms with Gasteiger partial charge in [0.05, 0.1) is 0 Å². The zero-order chi connectivity index (χ0) is 9.14. The van der Waals surface area contributed by atoms with Gasteiger partial charge >= 0.3 is 0 Å². The highest BCUT2D eigenvalue weighted by molar-refractivity contribution is 14.1. The fraction of sp³-hybridized carbons (Fsp3) is 0.200. The van der Waals surface area contributed by atoms with Gasteiger partial charge in [0.15, 0.2) is 0 Å². The molecule has 0 aliphatic carbocycles. The van der Waals surface area contributed by atoms with Crippen LogP contribution in [0.15, 0.2) is 30.9 Å². The van der Waals surface area contributed by atoms with Crippen molar-refractivity contribution in [2.24, 2.45) is 5.73 Å². The van der Waals surface area contributed by atoms with Crippen LogP contribution in [0.1, 0.15) is 17.2 Å². The lowest BCUT2D eigenvalue weighted by Gasteiger charge is -2.07. The minimum Gasteiger partial charge on any atom is -0.321 e. The van der Waals surface area contributed by atoms with Crippen molar-refractivity contribution >= 4 is 22.6 Å². The molecule has 2 N–H and O–H groups in total. The largest absolute Gasteiger partial charge is 0.321 e. The Kier molecular flexibility index (Phi) is 3.29. The number of hydrogen-bond donors (Lipinski definition) is 1. The molecule has 0 unspecified atom stereocenters. The van der Waals surface area contributed by atoms with Crippen LogP contribution in [0.5, 0.6) is 0 Å². The Labute approximate surface area is 86.8 Å². The highest BCUT2D eigenvalue weighted by Gasteiger charge is 2.01. The molecule has 0 amide bonds. The molecule has 0 fully saturated rings. The Balaban J connectivity index is 3.04. The Morgan fingerprint density at radius 3 is 2.75 bits per heavy atom. The molecule has 0 saturated heterocycles. The third-order valence-corrected chi connectivity index (χ3v) is 3.03. The summed E-state index contributed by atoms with van der Waals surface area (Å²) in [6.07, 6.45) is 1.75. The summed E-state index contributed by atoms with van der Waals surface area (Å²) in [6, 6.07) is 6.18. The zero-order valence-electron chi connectivity index (χ0n) is 7.05. The SMILES string of the molecule is C=C[C@@H](N)c1ccc(I)c(C)c1. The third-order valence-electron chi connectivity index (χ3n) is 1.82. The zero-order valence-corrected chi connectivity index (χ0v) is 9.21. The van der Waals surface area contributed by atoms with Gasteiger partial charge in [0.2, 0.25) is 0 Å². The molecule has 0 aliphatic rings. The maximum absolute atomic E-state index is 5.79. The van der Waals surface area contributed by atoms with Gasteiger partial charge in [-0.25, -0.2) is 0 Å². The maximum Gasteiger partial charge on any atom is 0.0478 e. The molecule has 64 valence electrons. The molecule has 1 aromatic carbocycles. The van der Waals surface area contributed by atoms with Gasteiger partial charge in [0, 0.05) is 9.61 Å². The molecular formula is C10H12IN. The quantitative estimate of drug-likeness (QED) is 0.650. The normalized spacial score (nSPS) is 12.6. The number of hydrogen-bond acceptors (Lipinski definition) is 1. The third kappa shape index (κ3) is 2.08. The van der Waals surface area contributed by atoms with Gasteiger partial charge in [0.25, 0.3) is 0 Å². The Bertz CT molecular complexity index is 294. The van der Waals surface area contributed by atoms with Gasteiger partial charge in [-0.1, -0.05) is 18.2 Å². The molecule has 0 spiro atoms. The van der Waals surface area contributed by atoms with Gasteiger partial charge in [0.1, 0.15) is 0 Å². The van der Waals surface area contributed by atoms with Crippen molar-refractivity contribution in [3.05, 3.63) is 45.6 Å². The lowest BCUT2D eigenvalue weighted by atomic mass is 10.1. The van der Waals surface area contributed by atoms with E-state index in [4.69, 9.17) is 5.73 Å².